The molecule has 0 aliphatic carbocycles. The molecule has 3 aromatic carbocycles. The molecule has 3 rings (SSSR count). The highest BCUT2D eigenvalue weighted by molar-refractivity contribution is 5.86. The normalized spacial score (nSPS) is 10.8. The topological polar surface area (TPSA) is 46.5 Å². The molecule has 0 spiro atoms. The van der Waals surface area contributed by atoms with Gasteiger partial charge in [-0.05, 0) is 65.6 Å². The summed E-state index contributed by atoms with van der Waals surface area (Å²) in [6.07, 6.45) is 2.18. The number of carbonyl (C=O) groups is 1. The van der Waals surface area contributed by atoms with E-state index in [1.165, 1.54) is 22.3 Å². The van der Waals surface area contributed by atoms with Crippen LogP contribution >= 0.6 is 0 Å². The molecular formula is C29H32O3. The van der Waals surface area contributed by atoms with Gasteiger partial charge in [0.05, 0.1) is 6.61 Å². The summed E-state index contributed by atoms with van der Waals surface area (Å²) in [6.45, 7) is 9.96. The molecule has 0 saturated heterocycles. The van der Waals surface area contributed by atoms with Crippen LogP contribution in [-0.4, -0.2) is 24.3 Å². The zero-order chi connectivity index (χ0) is 23.1. The molecule has 0 fully saturated rings. The molecule has 3 heteroatoms. The summed E-state index contributed by atoms with van der Waals surface area (Å²) in [7, 11) is 0. The van der Waals surface area contributed by atoms with Crippen LogP contribution < -0.4 is 0 Å². The lowest BCUT2D eigenvalue weighted by molar-refractivity contribution is -0.138. The first kappa shape index (κ1) is 23.5. The van der Waals surface area contributed by atoms with Crippen molar-refractivity contribution >= 4 is 5.97 Å². The van der Waals surface area contributed by atoms with E-state index >= 15 is 0 Å². The van der Waals surface area contributed by atoms with E-state index in [9.17, 15) is 9.90 Å². The number of aliphatic hydroxyl groups is 1. The third kappa shape index (κ3) is 5.74. The molecule has 32 heavy (non-hydrogen) atoms. The second-order valence-electron chi connectivity index (χ2n) is 8.21. The second-order valence-corrected chi connectivity index (χ2v) is 8.21. The number of carbonyl (C=O) groups excluding carboxylic acids is 1. The van der Waals surface area contributed by atoms with E-state index in [1.807, 2.05) is 0 Å². The largest absolute Gasteiger partial charge is 0.462 e. The van der Waals surface area contributed by atoms with Crippen LogP contribution in [-0.2, 0) is 28.8 Å². The van der Waals surface area contributed by atoms with Gasteiger partial charge in [-0.15, -0.1) is 0 Å². The van der Waals surface area contributed by atoms with E-state index in [2.05, 4.69) is 81.1 Å². The Bertz CT molecular complexity index is 1090. The van der Waals surface area contributed by atoms with Crippen molar-refractivity contribution in [1.29, 1.82) is 0 Å². The molecule has 0 aliphatic rings. The van der Waals surface area contributed by atoms with Crippen LogP contribution in [0.4, 0.5) is 0 Å². The van der Waals surface area contributed by atoms with Gasteiger partial charge in [0, 0.05) is 18.6 Å². The third-order valence-corrected chi connectivity index (χ3v) is 5.71. The number of hydrogen-bond acceptors (Lipinski definition) is 3. The van der Waals surface area contributed by atoms with Crippen molar-refractivity contribution < 1.29 is 14.6 Å². The summed E-state index contributed by atoms with van der Waals surface area (Å²) in [4.78, 5) is 11.7. The lowest BCUT2D eigenvalue weighted by Gasteiger charge is -2.13. The van der Waals surface area contributed by atoms with Gasteiger partial charge in [0.2, 0.25) is 0 Å². The van der Waals surface area contributed by atoms with E-state index < -0.39 is 0 Å². The van der Waals surface area contributed by atoms with Gasteiger partial charge in [0.25, 0.3) is 0 Å². The molecule has 0 bridgehead atoms. The molecule has 3 nitrogen and oxygen atoms in total. The maximum absolute atomic E-state index is 11.7. The highest BCUT2D eigenvalue weighted by Gasteiger charge is 2.09. The Kier molecular flexibility index (Phi) is 8.02. The molecule has 0 atom stereocenters. The van der Waals surface area contributed by atoms with Crippen molar-refractivity contribution in [3.63, 3.8) is 0 Å². The lowest BCUT2D eigenvalue weighted by Crippen LogP contribution is -2.09. The number of hydrogen-bond donors (Lipinski definition) is 1. The second kappa shape index (κ2) is 10.9. The molecular weight excluding hydrogens is 396 g/mol. The van der Waals surface area contributed by atoms with Crippen LogP contribution in [0.15, 0.2) is 72.8 Å². The smallest absolute Gasteiger partial charge is 0.333 e. The Hall–Kier alpha value is -3.17. The number of benzene rings is 3. The number of esters is 1. The highest BCUT2D eigenvalue weighted by Crippen LogP contribution is 2.29. The summed E-state index contributed by atoms with van der Waals surface area (Å²) < 4.78 is 5.28. The van der Waals surface area contributed by atoms with Gasteiger partial charge in [0.1, 0.15) is 0 Å². The third-order valence-electron chi connectivity index (χ3n) is 5.71. The van der Waals surface area contributed by atoms with E-state index in [1.54, 1.807) is 6.92 Å². The summed E-state index contributed by atoms with van der Waals surface area (Å²) in [6, 6.07) is 21.6. The predicted molar refractivity (Wildman–Crippen MR) is 132 cm³/mol. The number of aliphatic hydroxyl groups excluding tert-OH is 1. The highest BCUT2D eigenvalue weighted by atomic mass is 16.5. The van der Waals surface area contributed by atoms with Crippen LogP contribution in [0.2, 0.25) is 0 Å². The van der Waals surface area contributed by atoms with Crippen LogP contribution in [0.3, 0.4) is 0 Å². The van der Waals surface area contributed by atoms with Gasteiger partial charge in [-0.25, -0.2) is 4.79 Å². The molecule has 0 heterocycles. The van der Waals surface area contributed by atoms with E-state index in [0.717, 1.165) is 28.7 Å². The Labute approximate surface area is 191 Å². The Morgan fingerprint density at radius 2 is 1.56 bits per heavy atom. The van der Waals surface area contributed by atoms with Crippen LogP contribution in [0.1, 0.15) is 36.1 Å². The van der Waals surface area contributed by atoms with Crippen LogP contribution in [0.5, 0.6) is 0 Å². The minimum absolute atomic E-state index is 0.0862. The Morgan fingerprint density at radius 3 is 2.22 bits per heavy atom. The average molecular weight is 429 g/mol. The SMILES string of the molecule is C=C(C)C(=O)OCCc1cc(-c2ccc(-c3ccc(C)cc3CC)cc2)ccc1CCO. The Balaban J connectivity index is 1.84. The summed E-state index contributed by atoms with van der Waals surface area (Å²) in [5.41, 5.74) is 9.94. The molecule has 0 aliphatic heterocycles. The van der Waals surface area contributed by atoms with Crippen molar-refractivity contribution in [3.05, 3.63) is 95.1 Å². The van der Waals surface area contributed by atoms with Crippen molar-refractivity contribution in [3.8, 4) is 22.3 Å². The van der Waals surface area contributed by atoms with Gasteiger partial charge in [-0.3, -0.25) is 0 Å². The maximum Gasteiger partial charge on any atom is 0.333 e. The average Bonchev–Trinajstić information content (AvgIpc) is 2.80. The minimum atomic E-state index is -0.372. The fourth-order valence-electron chi connectivity index (χ4n) is 3.92. The predicted octanol–water partition coefficient (Wildman–Crippen LogP) is 6.09. The lowest BCUT2D eigenvalue weighted by atomic mass is 9.93. The zero-order valence-corrected chi connectivity index (χ0v) is 19.3. The summed E-state index contributed by atoms with van der Waals surface area (Å²) in [5, 5.41) is 9.42. The zero-order valence-electron chi connectivity index (χ0n) is 19.3. The fraction of sp³-hybridized carbons (Fsp3) is 0.276. The number of ether oxygens (including phenoxy) is 1. The standard InChI is InChI=1S/C29H32O3/c1-5-22-18-21(4)6-13-28(22)25-10-7-23(8-11-25)26-12-9-24(14-16-30)27(19-26)15-17-32-29(31)20(2)3/h6-13,18-19,30H,2,5,14-17H2,1,3-4H3. The summed E-state index contributed by atoms with van der Waals surface area (Å²) in [5.74, 6) is -0.372. The first-order chi connectivity index (χ1) is 15.4. The van der Waals surface area contributed by atoms with E-state index in [-0.39, 0.29) is 12.6 Å². The molecule has 1 N–H and O–H groups in total. The van der Waals surface area contributed by atoms with Crippen molar-refractivity contribution in [2.24, 2.45) is 0 Å². The number of aryl methyl sites for hydroxylation is 2. The van der Waals surface area contributed by atoms with Crippen molar-refractivity contribution in [1.82, 2.24) is 0 Å². The summed E-state index contributed by atoms with van der Waals surface area (Å²) >= 11 is 0. The molecule has 166 valence electrons. The molecule has 0 aromatic heterocycles. The van der Waals surface area contributed by atoms with Gasteiger partial charge >= 0.3 is 5.97 Å². The first-order valence-corrected chi connectivity index (χ1v) is 11.2. The molecule has 0 radical (unpaired) electrons. The fourth-order valence-corrected chi connectivity index (χ4v) is 3.92. The van der Waals surface area contributed by atoms with Gasteiger partial charge in [-0.2, -0.15) is 0 Å². The molecule has 0 saturated carbocycles. The van der Waals surface area contributed by atoms with Crippen molar-refractivity contribution in [2.75, 3.05) is 13.2 Å². The molecule has 0 amide bonds. The van der Waals surface area contributed by atoms with Gasteiger partial charge in [0.15, 0.2) is 0 Å². The molecule has 3 aromatic rings. The van der Waals surface area contributed by atoms with Crippen LogP contribution in [0, 0.1) is 6.92 Å². The van der Waals surface area contributed by atoms with Crippen molar-refractivity contribution in [2.45, 2.75) is 40.0 Å². The number of rotatable bonds is 9. The van der Waals surface area contributed by atoms with Gasteiger partial charge < -0.3 is 9.84 Å². The molecule has 0 unspecified atom stereocenters. The van der Waals surface area contributed by atoms with E-state index in [4.69, 9.17) is 4.74 Å². The monoisotopic (exact) mass is 428 g/mol. The van der Waals surface area contributed by atoms with Crippen LogP contribution in [0.25, 0.3) is 22.3 Å². The quantitative estimate of drug-likeness (QED) is 0.331. The maximum atomic E-state index is 11.7. The van der Waals surface area contributed by atoms with Gasteiger partial charge in [-0.1, -0.05) is 79.7 Å². The van der Waals surface area contributed by atoms with E-state index in [0.29, 0.717) is 25.0 Å². The Morgan fingerprint density at radius 1 is 0.875 bits per heavy atom. The first-order valence-electron chi connectivity index (χ1n) is 11.2. The minimum Gasteiger partial charge on any atom is -0.462 e.